The lowest BCUT2D eigenvalue weighted by Gasteiger charge is -2.33. The van der Waals surface area contributed by atoms with E-state index in [4.69, 9.17) is 4.74 Å². The SMILES string of the molecule is COCCNCC(=O)NCc1ccc(CN2CCCCC2C)cc1. The Hall–Kier alpha value is -1.43. The van der Waals surface area contributed by atoms with Crippen LogP contribution >= 0.6 is 0 Å². The third-order valence-corrected chi connectivity index (χ3v) is 4.61. The van der Waals surface area contributed by atoms with E-state index in [1.54, 1.807) is 7.11 Å². The molecule has 1 aromatic rings. The first-order valence-corrected chi connectivity index (χ1v) is 8.97. The number of nitrogens with zero attached hydrogens (tertiary/aromatic N) is 1. The molecule has 24 heavy (non-hydrogen) atoms. The zero-order valence-electron chi connectivity index (χ0n) is 15.0. The maximum Gasteiger partial charge on any atom is 0.234 e. The zero-order chi connectivity index (χ0) is 17.2. The van der Waals surface area contributed by atoms with Gasteiger partial charge >= 0.3 is 0 Å². The zero-order valence-corrected chi connectivity index (χ0v) is 15.0. The van der Waals surface area contributed by atoms with Gasteiger partial charge in [-0.2, -0.15) is 0 Å². The van der Waals surface area contributed by atoms with Gasteiger partial charge in [0, 0.05) is 32.8 Å². The minimum atomic E-state index is 0.0114. The van der Waals surface area contributed by atoms with Gasteiger partial charge in [0.25, 0.3) is 0 Å². The largest absolute Gasteiger partial charge is 0.383 e. The van der Waals surface area contributed by atoms with Crippen molar-refractivity contribution in [2.24, 2.45) is 0 Å². The average molecular weight is 333 g/mol. The van der Waals surface area contributed by atoms with Crippen LogP contribution in [0.1, 0.15) is 37.3 Å². The first-order valence-electron chi connectivity index (χ1n) is 8.97. The molecular formula is C19H31N3O2. The molecule has 1 saturated heterocycles. The summed E-state index contributed by atoms with van der Waals surface area (Å²) in [6.45, 7) is 6.76. The van der Waals surface area contributed by atoms with E-state index < -0.39 is 0 Å². The summed E-state index contributed by atoms with van der Waals surface area (Å²) >= 11 is 0. The second-order valence-corrected chi connectivity index (χ2v) is 6.58. The predicted octanol–water partition coefficient (Wildman–Crippen LogP) is 1.91. The molecule has 0 aliphatic carbocycles. The summed E-state index contributed by atoms with van der Waals surface area (Å²) in [4.78, 5) is 14.3. The fraction of sp³-hybridized carbons (Fsp3) is 0.632. The summed E-state index contributed by atoms with van der Waals surface area (Å²) in [5, 5.41) is 5.97. The number of hydrogen-bond donors (Lipinski definition) is 2. The van der Waals surface area contributed by atoms with Gasteiger partial charge in [-0.05, 0) is 37.4 Å². The summed E-state index contributed by atoms with van der Waals surface area (Å²) in [7, 11) is 1.65. The van der Waals surface area contributed by atoms with Crippen molar-refractivity contribution in [3.05, 3.63) is 35.4 Å². The maximum atomic E-state index is 11.7. The molecule has 1 atom stereocenters. The number of rotatable bonds is 9. The minimum absolute atomic E-state index is 0.0114. The lowest BCUT2D eigenvalue weighted by atomic mass is 10.0. The van der Waals surface area contributed by atoms with Crippen LogP contribution in [0, 0.1) is 0 Å². The normalized spacial score (nSPS) is 18.5. The van der Waals surface area contributed by atoms with Crippen molar-refractivity contribution in [2.75, 3.05) is 33.4 Å². The summed E-state index contributed by atoms with van der Waals surface area (Å²) in [6, 6.07) is 9.27. The molecule has 134 valence electrons. The highest BCUT2D eigenvalue weighted by atomic mass is 16.5. The summed E-state index contributed by atoms with van der Waals surface area (Å²) in [6.07, 6.45) is 3.98. The lowest BCUT2D eigenvalue weighted by Crippen LogP contribution is -2.36. The van der Waals surface area contributed by atoms with Crippen molar-refractivity contribution in [3.8, 4) is 0 Å². The Balaban J connectivity index is 1.70. The van der Waals surface area contributed by atoms with Gasteiger partial charge in [-0.1, -0.05) is 30.7 Å². The molecule has 1 aliphatic rings. The van der Waals surface area contributed by atoms with Gasteiger partial charge in [0.15, 0.2) is 0 Å². The van der Waals surface area contributed by atoms with Crippen LogP contribution in [-0.2, 0) is 22.6 Å². The molecule has 0 saturated carbocycles. The van der Waals surface area contributed by atoms with Gasteiger partial charge in [0.05, 0.1) is 13.2 Å². The van der Waals surface area contributed by atoms with E-state index in [1.807, 2.05) is 0 Å². The van der Waals surface area contributed by atoms with E-state index in [2.05, 4.69) is 46.7 Å². The topological polar surface area (TPSA) is 53.6 Å². The lowest BCUT2D eigenvalue weighted by molar-refractivity contribution is -0.120. The van der Waals surface area contributed by atoms with Gasteiger partial charge in [-0.15, -0.1) is 0 Å². The molecule has 5 nitrogen and oxygen atoms in total. The van der Waals surface area contributed by atoms with Crippen molar-refractivity contribution in [2.45, 2.75) is 45.3 Å². The Morgan fingerprint density at radius 3 is 2.71 bits per heavy atom. The van der Waals surface area contributed by atoms with Gasteiger partial charge < -0.3 is 15.4 Å². The molecule has 1 aromatic carbocycles. The second-order valence-electron chi connectivity index (χ2n) is 6.58. The maximum absolute atomic E-state index is 11.7. The molecule has 2 N–H and O–H groups in total. The van der Waals surface area contributed by atoms with Crippen LogP contribution in [-0.4, -0.2) is 50.2 Å². The summed E-state index contributed by atoms with van der Waals surface area (Å²) in [5.41, 5.74) is 2.48. The van der Waals surface area contributed by atoms with E-state index in [9.17, 15) is 4.79 Å². The third-order valence-electron chi connectivity index (χ3n) is 4.61. The van der Waals surface area contributed by atoms with Crippen molar-refractivity contribution >= 4 is 5.91 Å². The minimum Gasteiger partial charge on any atom is -0.383 e. The van der Waals surface area contributed by atoms with Crippen molar-refractivity contribution in [1.29, 1.82) is 0 Å². The van der Waals surface area contributed by atoms with E-state index in [-0.39, 0.29) is 5.91 Å². The average Bonchev–Trinajstić information content (AvgIpc) is 2.60. The van der Waals surface area contributed by atoms with Crippen molar-refractivity contribution < 1.29 is 9.53 Å². The highest BCUT2D eigenvalue weighted by molar-refractivity contribution is 5.77. The molecule has 5 heteroatoms. The van der Waals surface area contributed by atoms with Gasteiger partial charge in [-0.25, -0.2) is 0 Å². The fourth-order valence-electron chi connectivity index (χ4n) is 3.03. The Morgan fingerprint density at radius 1 is 1.25 bits per heavy atom. The van der Waals surface area contributed by atoms with Gasteiger partial charge in [0.2, 0.25) is 5.91 Å². The first kappa shape index (κ1) is 18.9. The fourth-order valence-corrected chi connectivity index (χ4v) is 3.03. The number of methoxy groups -OCH3 is 1. The molecular weight excluding hydrogens is 302 g/mol. The molecule has 1 heterocycles. The number of carbonyl (C=O) groups excluding carboxylic acids is 1. The van der Waals surface area contributed by atoms with Crippen LogP contribution in [0.15, 0.2) is 24.3 Å². The molecule has 1 amide bonds. The number of carbonyl (C=O) groups is 1. The quantitative estimate of drug-likeness (QED) is 0.678. The Bertz CT molecular complexity index is 490. The number of nitrogens with one attached hydrogen (secondary N) is 2. The van der Waals surface area contributed by atoms with Gasteiger partial charge in [-0.3, -0.25) is 9.69 Å². The third kappa shape index (κ3) is 6.59. The summed E-state index contributed by atoms with van der Waals surface area (Å²) in [5.74, 6) is 0.0114. The monoisotopic (exact) mass is 333 g/mol. The van der Waals surface area contributed by atoms with Crippen LogP contribution < -0.4 is 10.6 Å². The van der Waals surface area contributed by atoms with Crippen LogP contribution in [0.4, 0.5) is 0 Å². The molecule has 1 aliphatic heterocycles. The molecule has 0 aromatic heterocycles. The summed E-state index contributed by atoms with van der Waals surface area (Å²) < 4.78 is 4.93. The van der Waals surface area contributed by atoms with E-state index in [0.717, 1.165) is 12.1 Å². The standard InChI is InChI=1S/C19H31N3O2/c1-16-5-3-4-11-22(16)15-18-8-6-17(7-9-18)13-21-19(23)14-20-10-12-24-2/h6-9,16,20H,3-5,10-15H2,1-2H3,(H,21,23). The van der Waals surface area contributed by atoms with Crippen LogP contribution in [0.2, 0.25) is 0 Å². The van der Waals surface area contributed by atoms with E-state index >= 15 is 0 Å². The smallest absolute Gasteiger partial charge is 0.234 e. The van der Waals surface area contributed by atoms with Crippen LogP contribution in [0.25, 0.3) is 0 Å². The molecule has 0 radical (unpaired) electrons. The van der Waals surface area contributed by atoms with Crippen LogP contribution in [0.5, 0.6) is 0 Å². The number of amides is 1. The molecule has 0 spiro atoms. The van der Waals surface area contributed by atoms with Crippen LogP contribution in [0.3, 0.4) is 0 Å². The Labute approximate surface area is 145 Å². The van der Waals surface area contributed by atoms with E-state index in [1.165, 1.54) is 31.4 Å². The molecule has 0 bridgehead atoms. The number of ether oxygens (including phenoxy) is 1. The Morgan fingerprint density at radius 2 is 2.00 bits per heavy atom. The van der Waals surface area contributed by atoms with Crippen molar-refractivity contribution in [3.63, 3.8) is 0 Å². The second kappa shape index (κ2) is 10.4. The number of piperidine rings is 1. The van der Waals surface area contributed by atoms with Gasteiger partial charge in [0.1, 0.15) is 0 Å². The van der Waals surface area contributed by atoms with Crippen molar-refractivity contribution in [1.82, 2.24) is 15.5 Å². The van der Waals surface area contributed by atoms with E-state index in [0.29, 0.717) is 32.3 Å². The number of hydrogen-bond acceptors (Lipinski definition) is 4. The highest BCUT2D eigenvalue weighted by Crippen LogP contribution is 2.19. The highest BCUT2D eigenvalue weighted by Gasteiger charge is 2.17. The number of likely N-dealkylation sites (tertiary alicyclic amines) is 1. The Kier molecular flexibility index (Phi) is 8.22. The first-order chi connectivity index (χ1) is 11.7. The molecule has 2 rings (SSSR count). The predicted molar refractivity (Wildman–Crippen MR) is 96.8 cm³/mol. The number of benzene rings is 1. The molecule has 1 fully saturated rings. The molecule has 1 unspecified atom stereocenters.